The molecule has 1 aromatic rings. The molecular weight excluding hydrogens is 242 g/mol. The van der Waals surface area contributed by atoms with E-state index < -0.39 is 0 Å². The minimum absolute atomic E-state index is 0.0825. The highest BCUT2D eigenvalue weighted by Gasteiger charge is 2.19. The highest BCUT2D eigenvalue weighted by atomic mass is 16.1. The number of anilines is 2. The van der Waals surface area contributed by atoms with Crippen molar-refractivity contribution in [3.05, 3.63) is 11.9 Å². The maximum absolute atomic E-state index is 11.2. The van der Waals surface area contributed by atoms with Crippen LogP contribution in [0.3, 0.4) is 0 Å². The smallest absolute Gasteiger partial charge is 0.239 e. The number of nitrogens with zero attached hydrogens (tertiary/aromatic N) is 2. The molecule has 106 valence electrons. The maximum atomic E-state index is 11.2. The van der Waals surface area contributed by atoms with Crippen LogP contribution in [0.1, 0.15) is 33.5 Å². The molecule has 0 aliphatic carbocycles. The van der Waals surface area contributed by atoms with Crippen LogP contribution in [0.4, 0.5) is 11.6 Å². The van der Waals surface area contributed by atoms with Crippen molar-refractivity contribution in [2.24, 2.45) is 0 Å². The van der Waals surface area contributed by atoms with E-state index in [0.29, 0.717) is 5.82 Å². The van der Waals surface area contributed by atoms with E-state index >= 15 is 0 Å². The molecule has 19 heavy (non-hydrogen) atoms. The molecule has 0 aliphatic heterocycles. The third-order valence-electron chi connectivity index (χ3n) is 2.46. The maximum Gasteiger partial charge on any atom is 0.239 e. The van der Waals surface area contributed by atoms with Gasteiger partial charge in [-0.15, -0.1) is 0 Å². The molecule has 1 heterocycles. The summed E-state index contributed by atoms with van der Waals surface area (Å²) in [7, 11) is 1.61. The van der Waals surface area contributed by atoms with Crippen molar-refractivity contribution in [3.63, 3.8) is 0 Å². The first-order valence-electron chi connectivity index (χ1n) is 6.44. The van der Waals surface area contributed by atoms with E-state index in [2.05, 4.69) is 46.7 Å². The molecule has 1 aromatic heterocycles. The van der Waals surface area contributed by atoms with E-state index in [4.69, 9.17) is 0 Å². The molecule has 0 radical (unpaired) electrons. The van der Waals surface area contributed by atoms with Crippen LogP contribution in [-0.4, -0.2) is 36.0 Å². The van der Waals surface area contributed by atoms with Crippen molar-refractivity contribution in [2.45, 2.75) is 33.1 Å². The Hall–Kier alpha value is -1.85. The highest BCUT2D eigenvalue weighted by Crippen LogP contribution is 2.22. The summed E-state index contributed by atoms with van der Waals surface area (Å²) >= 11 is 0. The molecule has 0 atom stereocenters. The van der Waals surface area contributed by atoms with Gasteiger partial charge in [0, 0.05) is 25.1 Å². The predicted octanol–water partition coefficient (Wildman–Crippen LogP) is 1.36. The minimum atomic E-state index is -0.144. The number of carbonyl (C=O) groups excluding carboxylic acids is 1. The Balaban J connectivity index is 2.96. The molecule has 0 spiro atoms. The van der Waals surface area contributed by atoms with Crippen LogP contribution in [0, 0.1) is 0 Å². The van der Waals surface area contributed by atoms with Crippen LogP contribution in [0.2, 0.25) is 0 Å². The number of rotatable bonds is 5. The first-order chi connectivity index (χ1) is 8.86. The van der Waals surface area contributed by atoms with Gasteiger partial charge < -0.3 is 16.0 Å². The summed E-state index contributed by atoms with van der Waals surface area (Å²) in [5, 5.41) is 8.73. The Labute approximate surface area is 114 Å². The molecule has 6 nitrogen and oxygen atoms in total. The number of likely N-dealkylation sites (N-methyl/N-ethyl adjacent to an activating group) is 1. The van der Waals surface area contributed by atoms with E-state index in [1.165, 1.54) is 0 Å². The zero-order valence-electron chi connectivity index (χ0n) is 12.3. The fourth-order valence-electron chi connectivity index (χ4n) is 1.40. The summed E-state index contributed by atoms with van der Waals surface area (Å²) < 4.78 is 0. The topological polar surface area (TPSA) is 78.9 Å². The zero-order chi connectivity index (χ0) is 14.5. The molecule has 1 amide bonds. The van der Waals surface area contributed by atoms with Gasteiger partial charge in [0.2, 0.25) is 5.91 Å². The largest absolute Gasteiger partial charge is 0.370 e. The van der Waals surface area contributed by atoms with E-state index in [1.807, 2.05) is 13.0 Å². The van der Waals surface area contributed by atoms with Crippen LogP contribution in [0.5, 0.6) is 0 Å². The second-order valence-corrected chi connectivity index (χ2v) is 5.27. The standard InChI is InChI=1S/C13H23N5O/c1-6-15-9-7-10(16-8-11(19)14-5)18-12(17-9)13(2,3)4/h7H,6,8H2,1-5H3,(H,14,19)(H2,15,16,17,18). The van der Waals surface area contributed by atoms with Crippen LogP contribution in [0.15, 0.2) is 6.07 Å². The summed E-state index contributed by atoms with van der Waals surface area (Å²) in [4.78, 5) is 20.2. The molecule has 3 N–H and O–H groups in total. The average molecular weight is 265 g/mol. The minimum Gasteiger partial charge on any atom is -0.370 e. The Morgan fingerprint density at radius 3 is 2.26 bits per heavy atom. The summed E-state index contributed by atoms with van der Waals surface area (Å²) in [6, 6.07) is 1.81. The van der Waals surface area contributed by atoms with Gasteiger partial charge >= 0.3 is 0 Å². The van der Waals surface area contributed by atoms with Gasteiger partial charge in [0.25, 0.3) is 0 Å². The Bertz CT molecular complexity index is 439. The molecule has 0 bridgehead atoms. The van der Waals surface area contributed by atoms with Crippen molar-refractivity contribution < 1.29 is 4.79 Å². The monoisotopic (exact) mass is 265 g/mol. The van der Waals surface area contributed by atoms with Crippen molar-refractivity contribution in [1.29, 1.82) is 0 Å². The molecule has 0 saturated heterocycles. The number of carbonyl (C=O) groups is 1. The molecule has 0 saturated carbocycles. The van der Waals surface area contributed by atoms with Gasteiger partial charge in [-0.05, 0) is 6.92 Å². The molecule has 0 unspecified atom stereocenters. The number of aromatic nitrogens is 2. The summed E-state index contributed by atoms with van der Waals surface area (Å²) in [5.74, 6) is 2.08. The number of hydrogen-bond donors (Lipinski definition) is 3. The summed E-state index contributed by atoms with van der Waals surface area (Å²) in [6.07, 6.45) is 0. The van der Waals surface area contributed by atoms with Crippen LogP contribution < -0.4 is 16.0 Å². The molecule has 0 aromatic carbocycles. The fraction of sp³-hybridized carbons (Fsp3) is 0.615. The lowest BCUT2D eigenvalue weighted by molar-refractivity contribution is -0.118. The lowest BCUT2D eigenvalue weighted by atomic mass is 9.96. The molecular formula is C13H23N5O. The van der Waals surface area contributed by atoms with E-state index in [1.54, 1.807) is 7.05 Å². The van der Waals surface area contributed by atoms with E-state index in [0.717, 1.165) is 18.2 Å². The van der Waals surface area contributed by atoms with Gasteiger partial charge in [-0.2, -0.15) is 0 Å². The molecule has 6 heteroatoms. The van der Waals surface area contributed by atoms with E-state index in [-0.39, 0.29) is 17.9 Å². The zero-order valence-corrected chi connectivity index (χ0v) is 12.3. The first-order valence-corrected chi connectivity index (χ1v) is 6.44. The third kappa shape index (κ3) is 4.73. The van der Waals surface area contributed by atoms with Gasteiger partial charge in [0.1, 0.15) is 17.5 Å². The quantitative estimate of drug-likeness (QED) is 0.749. The van der Waals surface area contributed by atoms with Gasteiger partial charge in [-0.1, -0.05) is 20.8 Å². The SMILES string of the molecule is CCNc1cc(NCC(=O)NC)nc(C(C)(C)C)n1. The highest BCUT2D eigenvalue weighted by molar-refractivity contribution is 5.80. The third-order valence-corrected chi connectivity index (χ3v) is 2.46. The number of nitrogens with one attached hydrogen (secondary N) is 3. The number of amides is 1. The molecule has 0 fully saturated rings. The average Bonchev–Trinajstić information content (AvgIpc) is 2.35. The lowest BCUT2D eigenvalue weighted by Crippen LogP contribution is -2.27. The first kappa shape index (κ1) is 15.2. The predicted molar refractivity (Wildman–Crippen MR) is 77.5 cm³/mol. The fourth-order valence-corrected chi connectivity index (χ4v) is 1.40. The molecule has 1 rings (SSSR count). The lowest BCUT2D eigenvalue weighted by Gasteiger charge is -2.19. The van der Waals surface area contributed by atoms with Gasteiger partial charge in [-0.3, -0.25) is 4.79 Å². The van der Waals surface area contributed by atoms with Crippen molar-refractivity contribution in [2.75, 3.05) is 30.8 Å². The van der Waals surface area contributed by atoms with E-state index in [9.17, 15) is 4.79 Å². The van der Waals surface area contributed by atoms with Crippen LogP contribution >= 0.6 is 0 Å². The molecule has 0 aliphatic rings. The number of hydrogen-bond acceptors (Lipinski definition) is 5. The Kier molecular flexibility index (Phi) is 5.09. The van der Waals surface area contributed by atoms with Gasteiger partial charge in [-0.25, -0.2) is 9.97 Å². The second kappa shape index (κ2) is 6.36. The summed E-state index contributed by atoms with van der Waals surface area (Å²) in [5.41, 5.74) is -0.144. The van der Waals surface area contributed by atoms with Crippen LogP contribution in [0.25, 0.3) is 0 Å². The Morgan fingerprint density at radius 1 is 1.21 bits per heavy atom. The van der Waals surface area contributed by atoms with Crippen molar-refractivity contribution in [1.82, 2.24) is 15.3 Å². The Morgan fingerprint density at radius 2 is 1.79 bits per heavy atom. The summed E-state index contributed by atoms with van der Waals surface area (Å²) in [6.45, 7) is 9.16. The normalized spacial score (nSPS) is 11.0. The van der Waals surface area contributed by atoms with Crippen molar-refractivity contribution in [3.8, 4) is 0 Å². The van der Waals surface area contributed by atoms with Gasteiger partial charge in [0.05, 0.1) is 6.54 Å². The van der Waals surface area contributed by atoms with Crippen LogP contribution in [-0.2, 0) is 10.2 Å². The second-order valence-electron chi connectivity index (χ2n) is 5.27. The van der Waals surface area contributed by atoms with Crippen molar-refractivity contribution >= 4 is 17.5 Å². The van der Waals surface area contributed by atoms with Gasteiger partial charge in [0.15, 0.2) is 0 Å².